The number of fused-ring (bicyclic) bond motifs is 1. The van der Waals surface area contributed by atoms with E-state index in [4.69, 9.17) is 13.7 Å². The minimum absolute atomic E-state index is 0. The lowest BCUT2D eigenvalue weighted by molar-refractivity contribution is 0.480. The van der Waals surface area contributed by atoms with Gasteiger partial charge >= 0.3 is 0 Å². The van der Waals surface area contributed by atoms with Crippen molar-refractivity contribution < 1.29 is 38.9 Å². The third-order valence-electron chi connectivity index (χ3n) is 2.73. The van der Waals surface area contributed by atoms with Crippen molar-refractivity contribution in [2.75, 3.05) is 0 Å². The smallest absolute Gasteiger partial charge is 0.282 e. The molecule has 0 bridgehead atoms. The minimum atomic E-state index is -4.85. The average Bonchev–Trinajstić information content (AvgIpc) is 2.33. The third-order valence-corrected chi connectivity index (χ3v) is 5.31. The second-order valence-corrected chi connectivity index (χ2v) is 8.46. The lowest BCUT2D eigenvalue weighted by atomic mass is 10.1. The summed E-state index contributed by atoms with van der Waals surface area (Å²) in [7, 11) is -14.3. The van der Waals surface area contributed by atoms with Crippen molar-refractivity contribution in [3.8, 4) is 0 Å². The summed E-state index contributed by atoms with van der Waals surface area (Å²) in [5, 5.41) is -0.430. The molecule has 0 atom stereocenters. The van der Waals surface area contributed by atoms with Crippen molar-refractivity contribution in [2.45, 2.75) is 14.7 Å². The summed E-state index contributed by atoms with van der Waals surface area (Å²) >= 11 is 0. The molecule has 0 fully saturated rings. The molecule has 3 N–H and O–H groups in total. The van der Waals surface area contributed by atoms with Gasteiger partial charge in [0.15, 0.2) is 0 Å². The molecule has 9 nitrogen and oxygen atoms in total. The highest BCUT2D eigenvalue weighted by Gasteiger charge is 2.21. The van der Waals surface area contributed by atoms with Gasteiger partial charge in [-0.1, -0.05) is 6.07 Å². The van der Waals surface area contributed by atoms with Crippen LogP contribution in [0.15, 0.2) is 45.0 Å². The molecule has 0 aliphatic rings. The maximum Gasteiger partial charge on any atom is 0.295 e. The van der Waals surface area contributed by atoms with Gasteiger partial charge in [-0.25, -0.2) is 0 Å². The monoisotopic (exact) mass is 404 g/mol. The quantitative estimate of drug-likeness (QED) is 0.633. The van der Waals surface area contributed by atoms with E-state index in [1.807, 2.05) is 0 Å². The van der Waals surface area contributed by atoms with Crippen molar-refractivity contribution in [2.24, 2.45) is 0 Å². The van der Waals surface area contributed by atoms with Gasteiger partial charge in [0.2, 0.25) is 0 Å². The summed E-state index contributed by atoms with van der Waals surface area (Å²) < 4.78 is 94.1. The van der Waals surface area contributed by atoms with Crippen LogP contribution in [0.1, 0.15) is 0 Å². The molecule has 0 heterocycles. The van der Waals surface area contributed by atoms with E-state index in [1.54, 1.807) is 0 Å². The lowest BCUT2D eigenvalue weighted by Gasteiger charge is -2.08. The van der Waals surface area contributed by atoms with Gasteiger partial charge in [-0.2, -0.15) is 25.3 Å². The number of rotatable bonds is 3. The molecule has 0 aliphatic carbocycles. The Hall–Kier alpha value is -1.28. The summed E-state index contributed by atoms with van der Waals surface area (Å²) in [4.78, 5) is -2.31. The first-order valence-electron chi connectivity index (χ1n) is 5.30. The predicted molar refractivity (Wildman–Crippen MR) is 80.6 cm³/mol. The van der Waals surface area contributed by atoms with Gasteiger partial charge in [0, 0.05) is 5.39 Å². The van der Waals surface area contributed by atoms with Crippen LogP contribution in [0.2, 0.25) is 0 Å². The molecule has 0 saturated carbocycles. The third kappa shape index (κ3) is 4.17. The Labute approximate surface area is 137 Å². The second-order valence-electron chi connectivity index (χ2n) is 4.23. The van der Waals surface area contributed by atoms with Gasteiger partial charge in [-0.3, -0.25) is 13.7 Å². The summed E-state index contributed by atoms with van der Waals surface area (Å²) in [5.74, 6) is 0. The summed E-state index contributed by atoms with van der Waals surface area (Å²) in [6, 6.07) is 3.97. The van der Waals surface area contributed by atoms with Crippen molar-refractivity contribution >= 4 is 53.5 Å². The van der Waals surface area contributed by atoms with Gasteiger partial charge in [-0.15, -0.1) is 12.4 Å². The largest absolute Gasteiger partial charge is 0.295 e. The first kappa shape index (κ1) is 19.8. The van der Waals surface area contributed by atoms with E-state index in [2.05, 4.69) is 0 Å². The number of hydrogen-bond donors (Lipinski definition) is 3. The van der Waals surface area contributed by atoms with E-state index < -0.39 is 45.0 Å². The topological polar surface area (TPSA) is 163 Å². The fraction of sp³-hybridized carbons (Fsp3) is 0. The van der Waals surface area contributed by atoms with Gasteiger partial charge in [0.05, 0.1) is 9.79 Å². The predicted octanol–water partition coefficient (Wildman–Crippen LogP) is 1.00. The molecule has 128 valence electrons. The molecule has 0 radical (unpaired) electrons. The standard InChI is InChI=1S/C10H8O9S3.ClH/c11-20(12,13)7-1-2-9-6(3-7)4-8(21(14,15)16)5-10(9)22(17,18)19;/h1-5H,(H,11,12,13)(H,14,15,16)(H,17,18,19);1H. The molecule has 23 heavy (non-hydrogen) atoms. The van der Waals surface area contributed by atoms with E-state index in [-0.39, 0.29) is 23.2 Å². The molecule has 13 heteroatoms. The van der Waals surface area contributed by atoms with Gasteiger partial charge in [-0.05, 0) is 29.7 Å². The van der Waals surface area contributed by atoms with Crippen LogP contribution in [0, 0.1) is 0 Å². The van der Waals surface area contributed by atoms with Gasteiger partial charge < -0.3 is 0 Å². The first-order valence-corrected chi connectivity index (χ1v) is 9.62. The molecule has 0 spiro atoms. The molecule has 0 amide bonds. The first-order chi connectivity index (χ1) is 9.80. The minimum Gasteiger partial charge on any atom is -0.282 e. The van der Waals surface area contributed by atoms with Crippen molar-refractivity contribution in [1.29, 1.82) is 0 Å². The Morgan fingerprint density at radius 1 is 0.652 bits per heavy atom. The zero-order valence-corrected chi connectivity index (χ0v) is 14.1. The van der Waals surface area contributed by atoms with E-state index in [0.717, 1.165) is 24.3 Å². The van der Waals surface area contributed by atoms with Crippen LogP contribution < -0.4 is 0 Å². The van der Waals surface area contributed by atoms with E-state index in [0.29, 0.717) is 6.07 Å². The van der Waals surface area contributed by atoms with Crippen LogP contribution in [0.25, 0.3) is 10.8 Å². The van der Waals surface area contributed by atoms with Gasteiger partial charge in [0.25, 0.3) is 30.4 Å². The van der Waals surface area contributed by atoms with E-state index >= 15 is 0 Å². The highest BCUT2D eigenvalue weighted by Crippen LogP contribution is 2.29. The maximum atomic E-state index is 11.3. The molecule has 0 saturated heterocycles. The molecule has 0 aromatic heterocycles. The van der Waals surface area contributed by atoms with E-state index in [1.165, 1.54) is 0 Å². The highest BCUT2D eigenvalue weighted by molar-refractivity contribution is 7.87. The Bertz CT molecular complexity index is 1080. The highest BCUT2D eigenvalue weighted by atomic mass is 35.5. The average molecular weight is 405 g/mol. The van der Waals surface area contributed by atoms with Crippen molar-refractivity contribution in [3.05, 3.63) is 30.3 Å². The van der Waals surface area contributed by atoms with Crippen LogP contribution in [0.5, 0.6) is 0 Å². The molecule has 2 rings (SSSR count). The number of benzene rings is 2. The molecule has 0 aliphatic heterocycles. The Balaban J connectivity index is 0.00000264. The van der Waals surface area contributed by atoms with E-state index in [9.17, 15) is 25.3 Å². The fourth-order valence-electron chi connectivity index (χ4n) is 1.81. The number of hydrogen-bond acceptors (Lipinski definition) is 6. The molecule has 2 aromatic carbocycles. The molecule has 2 aromatic rings. The summed E-state index contributed by atoms with van der Waals surface area (Å²) in [6.45, 7) is 0. The fourth-order valence-corrected chi connectivity index (χ4v) is 3.68. The van der Waals surface area contributed by atoms with Crippen LogP contribution in [-0.4, -0.2) is 38.9 Å². The van der Waals surface area contributed by atoms with Crippen LogP contribution in [0.3, 0.4) is 0 Å². The SMILES string of the molecule is Cl.O=S(=O)(O)c1ccc2c(S(=O)(=O)O)cc(S(=O)(=O)O)cc2c1. The second kappa shape index (κ2) is 5.98. The Morgan fingerprint density at radius 2 is 1.13 bits per heavy atom. The molecular formula is C10H9ClO9S3. The molecular weight excluding hydrogens is 396 g/mol. The molecule has 0 unspecified atom stereocenters. The zero-order chi connectivity index (χ0) is 16.9. The normalized spacial score (nSPS) is 12.8. The van der Waals surface area contributed by atoms with Crippen LogP contribution in [0.4, 0.5) is 0 Å². The van der Waals surface area contributed by atoms with Crippen molar-refractivity contribution in [3.63, 3.8) is 0 Å². The zero-order valence-electron chi connectivity index (χ0n) is 10.8. The Kier molecular flexibility index (Phi) is 5.14. The Morgan fingerprint density at radius 3 is 1.57 bits per heavy atom. The maximum absolute atomic E-state index is 11.3. The summed E-state index contributed by atoms with van der Waals surface area (Å²) in [5.41, 5.74) is 0. The van der Waals surface area contributed by atoms with Crippen LogP contribution in [-0.2, 0) is 30.4 Å². The number of halogens is 1. The van der Waals surface area contributed by atoms with Crippen LogP contribution >= 0.6 is 12.4 Å². The summed E-state index contributed by atoms with van der Waals surface area (Å²) in [6.07, 6.45) is 0. The lowest BCUT2D eigenvalue weighted by Crippen LogP contribution is -2.05. The van der Waals surface area contributed by atoms with Crippen molar-refractivity contribution in [1.82, 2.24) is 0 Å². The van der Waals surface area contributed by atoms with Gasteiger partial charge in [0.1, 0.15) is 4.90 Å².